The largest absolute Gasteiger partial charge is 0.383 e. The van der Waals surface area contributed by atoms with E-state index in [0.29, 0.717) is 6.04 Å². The fourth-order valence-electron chi connectivity index (χ4n) is 1.41. The van der Waals surface area contributed by atoms with Crippen molar-refractivity contribution in [1.82, 2.24) is 0 Å². The van der Waals surface area contributed by atoms with Crippen molar-refractivity contribution in [2.24, 2.45) is 0 Å². The third-order valence-electron chi connectivity index (χ3n) is 2.19. The molecule has 1 atom stereocenters. The zero-order chi connectivity index (χ0) is 10.4. The van der Waals surface area contributed by atoms with E-state index in [4.69, 9.17) is 4.74 Å². The van der Waals surface area contributed by atoms with Gasteiger partial charge in [0.25, 0.3) is 0 Å². The lowest BCUT2D eigenvalue weighted by atomic mass is 10.1. The van der Waals surface area contributed by atoms with Gasteiger partial charge in [-0.05, 0) is 31.0 Å². The third kappa shape index (κ3) is 3.38. The smallest absolute Gasteiger partial charge is 0.0661 e. The normalized spacial score (nSPS) is 12.5. The molecule has 1 rings (SSSR count). The summed E-state index contributed by atoms with van der Waals surface area (Å²) in [6.45, 7) is 5.00. The topological polar surface area (TPSA) is 21.3 Å². The lowest BCUT2D eigenvalue weighted by Gasteiger charge is -2.14. The molecule has 0 bridgehead atoms. The molecule has 1 aromatic rings. The Labute approximate surface area is 86.3 Å². The number of nitrogens with one attached hydrogen (secondary N) is 1. The molecule has 0 amide bonds. The van der Waals surface area contributed by atoms with Crippen LogP contribution < -0.4 is 5.32 Å². The van der Waals surface area contributed by atoms with E-state index < -0.39 is 0 Å². The molecule has 2 heteroatoms. The summed E-state index contributed by atoms with van der Waals surface area (Å²) in [5, 5.41) is 3.37. The van der Waals surface area contributed by atoms with Gasteiger partial charge in [-0.25, -0.2) is 0 Å². The van der Waals surface area contributed by atoms with Crippen molar-refractivity contribution in [2.75, 3.05) is 19.0 Å². The molecule has 78 valence electrons. The second-order valence-electron chi connectivity index (χ2n) is 3.55. The molecule has 0 aromatic heterocycles. The van der Waals surface area contributed by atoms with Crippen molar-refractivity contribution in [3.63, 3.8) is 0 Å². The van der Waals surface area contributed by atoms with E-state index in [1.807, 2.05) is 0 Å². The van der Waals surface area contributed by atoms with Crippen LogP contribution in [0.5, 0.6) is 0 Å². The van der Waals surface area contributed by atoms with Crippen molar-refractivity contribution in [3.05, 3.63) is 29.8 Å². The number of aryl methyl sites for hydroxylation is 1. The van der Waals surface area contributed by atoms with E-state index in [1.54, 1.807) is 7.11 Å². The first kappa shape index (κ1) is 11.1. The molecule has 2 nitrogen and oxygen atoms in total. The summed E-state index contributed by atoms with van der Waals surface area (Å²) < 4.78 is 5.06. The number of hydrogen-bond acceptors (Lipinski definition) is 2. The van der Waals surface area contributed by atoms with Gasteiger partial charge in [-0.2, -0.15) is 0 Å². The van der Waals surface area contributed by atoms with Crippen LogP contribution in [-0.2, 0) is 11.2 Å². The first-order valence-electron chi connectivity index (χ1n) is 5.10. The van der Waals surface area contributed by atoms with Crippen LogP contribution in [0.1, 0.15) is 19.4 Å². The van der Waals surface area contributed by atoms with E-state index in [2.05, 4.69) is 43.4 Å². The van der Waals surface area contributed by atoms with Gasteiger partial charge in [0, 0.05) is 18.8 Å². The molecule has 0 heterocycles. The molecular formula is C12H19NO. The van der Waals surface area contributed by atoms with E-state index >= 15 is 0 Å². The van der Waals surface area contributed by atoms with Crippen molar-refractivity contribution < 1.29 is 4.74 Å². The van der Waals surface area contributed by atoms with Crippen LogP contribution >= 0.6 is 0 Å². The highest BCUT2D eigenvalue weighted by Crippen LogP contribution is 2.10. The van der Waals surface area contributed by atoms with Gasteiger partial charge in [-0.15, -0.1) is 0 Å². The van der Waals surface area contributed by atoms with E-state index in [0.717, 1.165) is 18.7 Å². The summed E-state index contributed by atoms with van der Waals surface area (Å²) in [6.07, 6.45) is 1.09. The Bertz CT molecular complexity index is 256. The Morgan fingerprint density at radius 2 is 1.93 bits per heavy atom. The average Bonchev–Trinajstić information content (AvgIpc) is 2.19. The Hall–Kier alpha value is -1.02. The molecule has 0 saturated heterocycles. The second kappa shape index (κ2) is 5.66. The van der Waals surface area contributed by atoms with Crippen molar-refractivity contribution in [3.8, 4) is 0 Å². The SMILES string of the molecule is CCc1ccc(NC(C)COC)cc1. The number of benzene rings is 1. The molecule has 14 heavy (non-hydrogen) atoms. The number of rotatable bonds is 5. The highest BCUT2D eigenvalue weighted by Gasteiger charge is 2.00. The van der Waals surface area contributed by atoms with Crippen LogP contribution in [-0.4, -0.2) is 19.8 Å². The van der Waals surface area contributed by atoms with Crippen LogP contribution in [0.3, 0.4) is 0 Å². The molecule has 0 aliphatic rings. The van der Waals surface area contributed by atoms with E-state index in [-0.39, 0.29) is 0 Å². The quantitative estimate of drug-likeness (QED) is 0.776. The van der Waals surface area contributed by atoms with Gasteiger partial charge in [0.1, 0.15) is 0 Å². The maximum Gasteiger partial charge on any atom is 0.0661 e. The molecule has 1 aromatic carbocycles. The van der Waals surface area contributed by atoms with Gasteiger partial charge in [-0.3, -0.25) is 0 Å². The summed E-state index contributed by atoms with van der Waals surface area (Å²) in [6, 6.07) is 8.90. The Balaban J connectivity index is 2.50. The zero-order valence-electron chi connectivity index (χ0n) is 9.21. The molecule has 0 aliphatic carbocycles. The van der Waals surface area contributed by atoms with Gasteiger partial charge >= 0.3 is 0 Å². The van der Waals surface area contributed by atoms with Gasteiger partial charge in [-0.1, -0.05) is 19.1 Å². The molecule has 0 fully saturated rings. The predicted molar refractivity (Wildman–Crippen MR) is 60.8 cm³/mol. The van der Waals surface area contributed by atoms with Crippen molar-refractivity contribution in [2.45, 2.75) is 26.3 Å². The predicted octanol–water partition coefficient (Wildman–Crippen LogP) is 2.70. The molecular weight excluding hydrogens is 174 g/mol. The summed E-state index contributed by atoms with van der Waals surface area (Å²) in [4.78, 5) is 0. The van der Waals surface area contributed by atoms with Crippen molar-refractivity contribution in [1.29, 1.82) is 0 Å². The monoisotopic (exact) mass is 193 g/mol. The van der Waals surface area contributed by atoms with E-state index in [9.17, 15) is 0 Å². The number of ether oxygens (including phenoxy) is 1. The summed E-state index contributed by atoms with van der Waals surface area (Å²) in [5.74, 6) is 0. The molecule has 1 N–H and O–H groups in total. The van der Waals surface area contributed by atoms with Gasteiger partial charge in [0.05, 0.1) is 6.61 Å². The number of anilines is 1. The third-order valence-corrected chi connectivity index (χ3v) is 2.19. The highest BCUT2D eigenvalue weighted by atomic mass is 16.5. The van der Waals surface area contributed by atoms with Crippen LogP contribution in [0.4, 0.5) is 5.69 Å². The molecule has 0 spiro atoms. The lowest BCUT2D eigenvalue weighted by Crippen LogP contribution is -2.20. The fourth-order valence-corrected chi connectivity index (χ4v) is 1.41. The number of hydrogen-bond donors (Lipinski definition) is 1. The second-order valence-corrected chi connectivity index (χ2v) is 3.55. The summed E-state index contributed by atoms with van der Waals surface area (Å²) in [5.41, 5.74) is 2.53. The zero-order valence-corrected chi connectivity index (χ0v) is 9.21. The standard InChI is InChI=1S/C12H19NO/c1-4-11-5-7-12(8-6-11)13-10(2)9-14-3/h5-8,10,13H,4,9H2,1-3H3. The van der Waals surface area contributed by atoms with Gasteiger partial charge in [0.2, 0.25) is 0 Å². The Morgan fingerprint density at radius 1 is 1.29 bits per heavy atom. The van der Waals surface area contributed by atoms with Crippen LogP contribution in [0.15, 0.2) is 24.3 Å². The summed E-state index contributed by atoms with van der Waals surface area (Å²) >= 11 is 0. The minimum atomic E-state index is 0.354. The molecule has 0 aliphatic heterocycles. The average molecular weight is 193 g/mol. The number of methoxy groups -OCH3 is 1. The minimum absolute atomic E-state index is 0.354. The van der Waals surface area contributed by atoms with E-state index in [1.165, 1.54) is 5.56 Å². The minimum Gasteiger partial charge on any atom is -0.383 e. The maximum absolute atomic E-state index is 5.06. The molecule has 0 saturated carbocycles. The van der Waals surface area contributed by atoms with Crippen LogP contribution in [0, 0.1) is 0 Å². The van der Waals surface area contributed by atoms with Gasteiger partial charge < -0.3 is 10.1 Å². The first-order valence-corrected chi connectivity index (χ1v) is 5.10. The Kier molecular flexibility index (Phi) is 4.47. The van der Waals surface area contributed by atoms with Crippen LogP contribution in [0.25, 0.3) is 0 Å². The summed E-state index contributed by atoms with van der Waals surface area (Å²) in [7, 11) is 1.72. The lowest BCUT2D eigenvalue weighted by molar-refractivity contribution is 0.190. The molecule has 1 unspecified atom stereocenters. The van der Waals surface area contributed by atoms with Gasteiger partial charge in [0.15, 0.2) is 0 Å². The highest BCUT2D eigenvalue weighted by molar-refractivity contribution is 5.45. The maximum atomic E-state index is 5.06. The fraction of sp³-hybridized carbons (Fsp3) is 0.500. The Morgan fingerprint density at radius 3 is 2.43 bits per heavy atom. The first-order chi connectivity index (χ1) is 6.76. The van der Waals surface area contributed by atoms with Crippen LogP contribution in [0.2, 0.25) is 0 Å². The van der Waals surface area contributed by atoms with Crippen molar-refractivity contribution >= 4 is 5.69 Å². The molecule has 0 radical (unpaired) electrons.